The fourth-order valence-electron chi connectivity index (χ4n) is 3.78. The lowest BCUT2D eigenvalue weighted by atomic mass is 9.83. The van der Waals surface area contributed by atoms with Gasteiger partial charge in [-0.25, -0.2) is 0 Å². The Morgan fingerprint density at radius 3 is 2.80 bits per heavy atom. The fourth-order valence-corrected chi connectivity index (χ4v) is 3.78. The maximum absolute atomic E-state index is 6.26. The molecule has 0 radical (unpaired) electrons. The highest BCUT2D eigenvalue weighted by molar-refractivity contribution is 5.32. The highest BCUT2D eigenvalue weighted by atomic mass is 16.5. The summed E-state index contributed by atoms with van der Waals surface area (Å²) >= 11 is 0. The summed E-state index contributed by atoms with van der Waals surface area (Å²) in [6, 6.07) is 9.13. The molecule has 0 bridgehead atoms. The van der Waals surface area contributed by atoms with Crippen LogP contribution in [0, 0.1) is 0 Å². The molecule has 3 rings (SSSR count). The molecule has 110 valence electrons. The number of hydrogen-bond donors (Lipinski definition) is 1. The summed E-state index contributed by atoms with van der Waals surface area (Å²) in [6.07, 6.45) is 10.2. The first kappa shape index (κ1) is 14.1. The molecule has 1 aromatic carbocycles. The van der Waals surface area contributed by atoms with E-state index >= 15 is 0 Å². The van der Waals surface area contributed by atoms with Crippen LogP contribution in [0.15, 0.2) is 24.3 Å². The van der Waals surface area contributed by atoms with Crippen molar-refractivity contribution in [2.45, 2.75) is 69.4 Å². The smallest absolute Gasteiger partial charge is 0.0726 e. The number of fused-ring (bicyclic) bond motifs is 1. The van der Waals surface area contributed by atoms with Crippen LogP contribution >= 0.6 is 0 Å². The maximum Gasteiger partial charge on any atom is 0.0726 e. The minimum Gasteiger partial charge on any atom is -0.376 e. The van der Waals surface area contributed by atoms with Crippen molar-refractivity contribution in [3.8, 4) is 0 Å². The van der Waals surface area contributed by atoms with Crippen LogP contribution in [0.3, 0.4) is 0 Å². The number of rotatable bonds is 3. The van der Waals surface area contributed by atoms with Crippen molar-refractivity contribution in [1.29, 1.82) is 0 Å². The molecule has 3 atom stereocenters. The van der Waals surface area contributed by atoms with E-state index < -0.39 is 0 Å². The SMILES string of the molecule is NC1CCCCCC1OCC1CCCc2ccccc21. The van der Waals surface area contributed by atoms with E-state index in [1.807, 2.05) is 0 Å². The topological polar surface area (TPSA) is 35.2 Å². The molecule has 2 N–H and O–H groups in total. The van der Waals surface area contributed by atoms with Crippen LogP contribution in [0.2, 0.25) is 0 Å². The Kier molecular flexibility index (Phi) is 4.74. The molecule has 0 aliphatic heterocycles. The molecule has 2 aliphatic rings. The molecule has 0 amide bonds. The summed E-state index contributed by atoms with van der Waals surface area (Å²) in [5.74, 6) is 0.579. The van der Waals surface area contributed by atoms with Gasteiger partial charge in [-0.3, -0.25) is 0 Å². The first-order valence-electron chi connectivity index (χ1n) is 8.29. The Morgan fingerprint density at radius 1 is 1.00 bits per heavy atom. The largest absolute Gasteiger partial charge is 0.376 e. The standard InChI is InChI=1S/C18H27NO/c19-17-11-2-1-3-12-18(17)20-13-15-9-6-8-14-7-4-5-10-16(14)15/h4-5,7,10,15,17-18H,1-3,6,8-9,11-13,19H2. The predicted octanol–water partition coefficient (Wildman–Crippen LogP) is 3.78. The van der Waals surface area contributed by atoms with Crippen LogP contribution in [0.1, 0.15) is 62.0 Å². The molecule has 1 aromatic rings. The number of benzene rings is 1. The summed E-state index contributed by atoms with van der Waals surface area (Å²) in [5, 5.41) is 0. The minimum absolute atomic E-state index is 0.247. The molecular formula is C18H27NO. The third-order valence-corrected chi connectivity index (χ3v) is 5.01. The van der Waals surface area contributed by atoms with Gasteiger partial charge in [0.15, 0.2) is 0 Å². The van der Waals surface area contributed by atoms with E-state index in [-0.39, 0.29) is 12.1 Å². The first-order valence-corrected chi connectivity index (χ1v) is 8.29. The van der Waals surface area contributed by atoms with E-state index in [1.54, 1.807) is 0 Å². The summed E-state index contributed by atoms with van der Waals surface area (Å²) in [5.41, 5.74) is 9.30. The summed E-state index contributed by atoms with van der Waals surface area (Å²) in [6.45, 7) is 0.857. The first-order chi connectivity index (χ1) is 9.84. The lowest BCUT2D eigenvalue weighted by Gasteiger charge is -2.29. The van der Waals surface area contributed by atoms with Gasteiger partial charge in [-0.05, 0) is 43.2 Å². The van der Waals surface area contributed by atoms with E-state index in [1.165, 1.54) is 49.7 Å². The average molecular weight is 273 g/mol. The van der Waals surface area contributed by atoms with Gasteiger partial charge in [0, 0.05) is 12.0 Å². The fraction of sp³-hybridized carbons (Fsp3) is 0.667. The van der Waals surface area contributed by atoms with Gasteiger partial charge in [0.1, 0.15) is 0 Å². The third kappa shape index (κ3) is 3.24. The zero-order valence-electron chi connectivity index (χ0n) is 12.4. The molecule has 2 heteroatoms. The Morgan fingerprint density at radius 2 is 1.85 bits per heavy atom. The van der Waals surface area contributed by atoms with Crippen molar-refractivity contribution in [2.24, 2.45) is 5.73 Å². The van der Waals surface area contributed by atoms with Crippen molar-refractivity contribution < 1.29 is 4.74 Å². The Bertz CT molecular complexity index is 431. The molecule has 3 unspecified atom stereocenters. The maximum atomic E-state index is 6.26. The number of hydrogen-bond acceptors (Lipinski definition) is 2. The zero-order chi connectivity index (χ0) is 13.8. The molecule has 1 saturated carbocycles. The third-order valence-electron chi connectivity index (χ3n) is 5.01. The van der Waals surface area contributed by atoms with Crippen LogP contribution in [-0.2, 0) is 11.2 Å². The summed E-state index contributed by atoms with van der Waals surface area (Å²) < 4.78 is 6.25. The van der Waals surface area contributed by atoms with Gasteiger partial charge in [0.05, 0.1) is 12.7 Å². The second-order valence-corrected chi connectivity index (χ2v) is 6.46. The van der Waals surface area contributed by atoms with E-state index in [0.29, 0.717) is 5.92 Å². The molecule has 0 spiro atoms. The highest BCUT2D eigenvalue weighted by Crippen LogP contribution is 2.32. The summed E-state index contributed by atoms with van der Waals surface area (Å²) in [4.78, 5) is 0. The predicted molar refractivity (Wildman–Crippen MR) is 82.9 cm³/mol. The van der Waals surface area contributed by atoms with Crippen LogP contribution in [0.5, 0.6) is 0 Å². The van der Waals surface area contributed by atoms with Crippen molar-refractivity contribution in [2.75, 3.05) is 6.61 Å². The van der Waals surface area contributed by atoms with Crippen molar-refractivity contribution in [1.82, 2.24) is 0 Å². The molecule has 1 fully saturated rings. The van der Waals surface area contributed by atoms with Crippen molar-refractivity contribution in [3.63, 3.8) is 0 Å². The van der Waals surface area contributed by atoms with Crippen LogP contribution < -0.4 is 5.73 Å². The zero-order valence-corrected chi connectivity index (χ0v) is 12.4. The second kappa shape index (κ2) is 6.73. The van der Waals surface area contributed by atoms with Crippen LogP contribution in [0.4, 0.5) is 0 Å². The van der Waals surface area contributed by atoms with Crippen molar-refractivity contribution in [3.05, 3.63) is 35.4 Å². The minimum atomic E-state index is 0.247. The van der Waals surface area contributed by atoms with Gasteiger partial charge >= 0.3 is 0 Å². The van der Waals surface area contributed by atoms with E-state index in [9.17, 15) is 0 Å². The normalized spacial score (nSPS) is 30.6. The Balaban J connectivity index is 1.61. The van der Waals surface area contributed by atoms with Gasteiger partial charge in [-0.2, -0.15) is 0 Å². The molecule has 20 heavy (non-hydrogen) atoms. The number of nitrogens with two attached hydrogens (primary N) is 1. The van der Waals surface area contributed by atoms with E-state index in [4.69, 9.17) is 10.5 Å². The average Bonchev–Trinajstić information content (AvgIpc) is 2.69. The number of ether oxygens (including phenoxy) is 1. The highest BCUT2D eigenvalue weighted by Gasteiger charge is 2.25. The Labute approximate surface area is 122 Å². The monoisotopic (exact) mass is 273 g/mol. The lowest BCUT2D eigenvalue weighted by Crippen LogP contribution is -2.36. The van der Waals surface area contributed by atoms with Gasteiger partial charge in [-0.1, -0.05) is 43.5 Å². The van der Waals surface area contributed by atoms with Gasteiger partial charge in [0.2, 0.25) is 0 Å². The van der Waals surface area contributed by atoms with Crippen molar-refractivity contribution >= 4 is 0 Å². The number of aryl methyl sites for hydroxylation is 1. The molecule has 2 nitrogen and oxygen atoms in total. The molecule has 2 aliphatic carbocycles. The van der Waals surface area contributed by atoms with E-state index in [2.05, 4.69) is 24.3 Å². The molecule has 0 aromatic heterocycles. The van der Waals surface area contributed by atoms with E-state index in [0.717, 1.165) is 19.4 Å². The lowest BCUT2D eigenvalue weighted by molar-refractivity contribution is 0.0203. The van der Waals surface area contributed by atoms with Crippen LogP contribution in [-0.4, -0.2) is 18.8 Å². The quantitative estimate of drug-likeness (QED) is 0.851. The summed E-state index contributed by atoms with van der Waals surface area (Å²) in [7, 11) is 0. The molecule has 0 saturated heterocycles. The van der Waals surface area contributed by atoms with Gasteiger partial charge < -0.3 is 10.5 Å². The van der Waals surface area contributed by atoms with Crippen LogP contribution in [0.25, 0.3) is 0 Å². The second-order valence-electron chi connectivity index (χ2n) is 6.46. The molecule has 0 heterocycles. The Hall–Kier alpha value is -0.860. The van der Waals surface area contributed by atoms with Gasteiger partial charge in [-0.15, -0.1) is 0 Å². The molecular weight excluding hydrogens is 246 g/mol. The van der Waals surface area contributed by atoms with Gasteiger partial charge in [0.25, 0.3) is 0 Å².